The normalized spacial score (nSPS) is 10.1. The lowest BCUT2D eigenvalue weighted by Gasteiger charge is -2.10. The van der Waals surface area contributed by atoms with Crippen molar-refractivity contribution >= 4 is 5.69 Å². The van der Waals surface area contributed by atoms with Crippen molar-refractivity contribution in [2.45, 2.75) is 13.3 Å². The van der Waals surface area contributed by atoms with E-state index in [1.54, 1.807) is 0 Å². The Morgan fingerprint density at radius 3 is 2.30 bits per heavy atom. The van der Waals surface area contributed by atoms with Crippen LogP contribution in [0.4, 0.5) is 5.69 Å². The molecule has 20 heavy (non-hydrogen) atoms. The van der Waals surface area contributed by atoms with Crippen molar-refractivity contribution in [2.75, 3.05) is 25.1 Å². The standard InChI is InChI=1S/C17H21NO2/c1-2-11-18-15-7-6-10-17(14-15)20-13-12-19-16-8-4-3-5-9-16/h3-10,14,18H,2,11-13H2,1H3. The first kappa shape index (κ1) is 14.3. The summed E-state index contributed by atoms with van der Waals surface area (Å²) in [6, 6.07) is 17.8. The van der Waals surface area contributed by atoms with Crippen LogP contribution in [0, 0.1) is 0 Å². The Balaban J connectivity index is 1.73. The van der Waals surface area contributed by atoms with Crippen molar-refractivity contribution < 1.29 is 9.47 Å². The van der Waals surface area contributed by atoms with Gasteiger partial charge in [-0.25, -0.2) is 0 Å². The minimum atomic E-state index is 0.534. The van der Waals surface area contributed by atoms with Gasteiger partial charge in [-0.2, -0.15) is 0 Å². The number of ether oxygens (including phenoxy) is 2. The van der Waals surface area contributed by atoms with Gasteiger partial charge in [0.25, 0.3) is 0 Å². The van der Waals surface area contributed by atoms with E-state index in [0.717, 1.165) is 30.2 Å². The third-order valence-corrected chi connectivity index (χ3v) is 2.78. The van der Waals surface area contributed by atoms with E-state index in [4.69, 9.17) is 9.47 Å². The van der Waals surface area contributed by atoms with Crippen LogP contribution in [0.3, 0.4) is 0 Å². The van der Waals surface area contributed by atoms with E-state index in [9.17, 15) is 0 Å². The van der Waals surface area contributed by atoms with Gasteiger partial charge in [0.05, 0.1) is 0 Å². The first-order valence-electron chi connectivity index (χ1n) is 7.03. The van der Waals surface area contributed by atoms with Crippen LogP contribution in [0.25, 0.3) is 0 Å². The molecule has 0 radical (unpaired) electrons. The Labute approximate surface area is 120 Å². The number of hydrogen-bond acceptors (Lipinski definition) is 3. The first-order valence-corrected chi connectivity index (χ1v) is 7.03. The molecule has 0 aliphatic heterocycles. The average Bonchev–Trinajstić information content (AvgIpc) is 2.51. The third kappa shape index (κ3) is 4.84. The number of benzene rings is 2. The minimum Gasteiger partial charge on any atom is -0.490 e. The molecule has 106 valence electrons. The van der Waals surface area contributed by atoms with Crippen molar-refractivity contribution in [1.29, 1.82) is 0 Å². The molecule has 0 saturated carbocycles. The lowest BCUT2D eigenvalue weighted by Crippen LogP contribution is -2.09. The Morgan fingerprint density at radius 2 is 1.55 bits per heavy atom. The molecule has 3 heteroatoms. The van der Waals surface area contributed by atoms with Crippen LogP contribution in [-0.4, -0.2) is 19.8 Å². The summed E-state index contributed by atoms with van der Waals surface area (Å²) in [6.07, 6.45) is 1.11. The van der Waals surface area contributed by atoms with E-state index >= 15 is 0 Å². The number of para-hydroxylation sites is 1. The molecular formula is C17H21NO2. The van der Waals surface area contributed by atoms with Crippen LogP contribution in [0.5, 0.6) is 11.5 Å². The molecule has 2 rings (SSSR count). The van der Waals surface area contributed by atoms with Gasteiger partial charge in [-0.1, -0.05) is 31.2 Å². The fraction of sp³-hybridized carbons (Fsp3) is 0.294. The van der Waals surface area contributed by atoms with Crippen LogP contribution < -0.4 is 14.8 Å². The van der Waals surface area contributed by atoms with Crippen LogP contribution in [0.2, 0.25) is 0 Å². The highest BCUT2D eigenvalue weighted by Crippen LogP contribution is 2.17. The van der Waals surface area contributed by atoms with Gasteiger partial charge in [-0.15, -0.1) is 0 Å². The molecule has 0 unspecified atom stereocenters. The summed E-state index contributed by atoms with van der Waals surface area (Å²) in [5, 5.41) is 3.34. The highest BCUT2D eigenvalue weighted by atomic mass is 16.5. The van der Waals surface area contributed by atoms with Gasteiger partial charge in [0, 0.05) is 18.3 Å². The summed E-state index contributed by atoms with van der Waals surface area (Å²) in [7, 11) is 0. The topological polar surface area (TPSA) is 30.5 Å². The van der Waals surface area contributed by atoms with E-state index in [0.29, 0.717) is 13.2 Å². The molecule has 0 amide bonds. The Kier molecular flexibility index (Phi) is 5.77. The number of hydrogen-bond donors (Lipinski definition) is 1. The van der Waals surface area contributed by atoms with Crippen LogP contribution in [-0.2, 0) is 0 Å². The number of rotatable bonds is 8. The maximum Gasteiger partial charge on any atom is 0.122 e. The fourth-order valence-corrected chi connectivity index (χ4v) is 1.80. The van der Waals surface area contributed by atoms with Gasteiger partial charge >= 0.3 is 0 Å². The van der Waals surface area contributed by atoms with Gasteiger partial charge in [-0.05, 0) is 30.7 Å². The van der Waals surface area contributed by atoms with Gasteiger partial charge < -0.3 is 14.8 Å². The highest BCUT2D eigenvalue weighted by Gasteiger charge is 1.97. The average molecular weight is 271 g/mol. The van der Waals surface area contributed by atoms with Gasteiger partial charge in [0.2, 0.25) is 0 Å². The Bertz CT molecular complexity index is 499. The Hall–Kier alpha value is -2.16. The monoisotopic (exact) mass is 271 g/mol. The zero-order valence-corrected chi connectivity index (χ0v) is 11.8. The first-order chi connectivity index (χ1) is 9.88. The van der Waals surface area contributed by atoms with Gasteiger partial charge in [0.15, 0.2) is 0 Å². The SMILES string of the molecule is CCCNc1cccc(OCCOc2ccccc2)c1. The van der Waals surface area contributed by atoms with E-state index < -0.39 is 0 Å². The summed E-state index contributed by atoms with van der Waals surface area (Å²) in [5.41, 5.74) is 1.09. The molecule has 0 bridgehead atoms. The van der Waals surface area contributed by atoms with Gasteiger partial charge in [0.1, 0.15) is 24.7 Å². The molecule has 3 nitrogen and oxygen atoms in total. The summed E-state index contributed by atoms with van der Waals surface area (Å²) in [4.78, 5) is 0. The van der Waals surface area contributed by atoms with E-state index in [1.807, 2.05) is 54.6 Å². The van der Waals surface area contributed by atoms with Gasteiger partial charge in [-0.3, -0.25) is 0 Å². The number of nitrogens with one attached hydrogen (secondary N) is 1. The maximum atomic E-state index is 5.68. The lowest BCUT2D eigenvalue weighted by atomic mass is 10.3. The molecule has 0 atom stereocenters. The predicted octanol–water partition coefficient (Wildman–Crippen LogP) is 3.97. The predicted molar refractivity (Wildman–Crippen MR) is 82.7 cm³/mol. The number of anilines is 1. The highest BCUT2D eigenvalue weighted by molar-refractivity contribution is 5.48. The largest absolute Gasteiger partial charge is 0.490 e. The summed E-state index contributed by atoms with van der Waals surface area (Å²) in [5.74, 6) is 1.73. The molecule has 2 aromatic carbocycles. The second kappa shape index (κ2) is 8.10. The molecule has 0 aromatic heterocycles. The molecule has 0 fully saturated rings. The third-order valence-electron chi connectivity index (χ3n) is 2.78. The fourth-order valence-electron chi connectivity index (χ4n) is 1.80. The van der Waals surface area contributed by atoms with E-state index in [-0.39, 0.29) is 0 Å². The van der Waals surface area contributed by atoms with Crippen molar-refractivity contribution in [3.05, 3.63) is 54.6 Å². The zero-order valence-electron chi connectivity index (χ0n) is 11.8. The van der Waals surface area contributed by atoms with E-state index in [2.05, 4.69) is 12.2 Å². The quantitative estimate of drug-likeness (QED) is 0.737. The Morgan fingerprint density at radius 1 is 0.850 bits per heavy atom. The van der Waals surface area contributed by atoms with Crippen molar-refractivity contribution in [3.8, 4) is 11.5 Å². The second-order valence-corrected chi connectivity index (χ2v) is 4.46. The smallest absolute Gasteiger partial charge is 0.122 e. The molecule has 1 N–H and O–H groups in total. The molecule has 0 spiro atoms. The van der Waals surface area contributed by atoms with Crippen LogP contribution in [0.15, 0.2) is 54.6 Å². The summed E-state index contributed by atoms with van der Waals surface area (Å²) < 4.78 is 11.3. The maximum absolute atomic E-state index is 5.68. The van der Waals surface area contributed by atoms with Crippen LogP contribution in [0.1, 0.15) is 13.3 Å². The lowest BCUT2D eigenvalue weighted by molar-refractivity contribution is 0.217. The zero-order chi connectivity index (χ0) is 14.0. The van der Waals surface area contributed by atoms with Crippen molar-refractivity contribution in [2.24, 2.45) is 0 Å². The molecule has 0 saturated heterocycles. The molecule has 2 aromatic rings. The summed E-state index contributed by atoms with van der Waals surface area (Å²) in [6.45, 7) is 4.19. The van der Waals surface area contributed by atoms with Crippen molar-refractivity contribution in [1.82, 2.24) is 0 Å². The minimum absolute atomic E-state index is 0.534. The summed E-state index contributed by atoms with van der Waals surface area (Å²) >= 11 is 0. The van der Waals surface area contributed by atoms with Crippen molar-refractivity contribution in [3.63, 3.8) is 0 Å². The second-order valence-electron chi connectivity index (χ2n) is 4.46. The van der Waals surface area contributed by atoms with E-state index in [1.165, 1.54) is 0 Å². The van der Waals surface area contributed by atoms with Crippen LogP contribution >= 0.6 is 0 Å². The molecular weight excluding hydrogens is 250 g/mol. The molecule has 0 aliphatic carbocycles. The molecule has 0 aliphatic rings. The molecule has 0 heterocycles.